The molecule has 9 heavy (non-hydrogen) atoms. The molecule has 1 fully saturated rings. The molecule has 1 aliphatic rings. The lowest BCUT2D eigenvalue weighted by atomic mass is 10.0. The Kier molecular flexibility index (Phi) is 2.49. The van der Waals surface area contributed by atoms with Crippen molar-refractivity contribution in [1.29, 1.82) is 0 Å². The van der Waals surface area contributed by atoms with Crippen LogP contribution in [-0.4, -0.2) is 23.8 Å². The van der Waals surface area contributed by atoms with Crippen molar-refractivity contribution in [1.82, 2.24) is 5.32 Å². The van der Waals surface area contributed by atoms with Gasteiger partial charge in [0.1, 0.15) is 0 Å². The monoisotopic (exact) mass is 129 g/mol. The highest BCUT2D eigenvalue weighted by molar-refractivity contribution is 4.75. The van der Waals surface area contributed by atoms with E-state index >= 15 is 0 Å². The standard InChI is InChI=1S/C7H15NO/c1-6(9)7-4-2-3-5-8-7/h6-9H,2-5H2,1H3/t6?,7-/m0/s1. The minimum Gasteiger partial charge on any atom is -0.392 e. The van der Waals surface area contributed by atoms with Crippen molar-refractivity contribution in [2.75, 3.05) is 6.54 Å². The molecule has 1 heterocycles. The Morgan fingerprint density at radius 2 is 2.33 bits per heavy atom. The Balaban J connectivity index is 2.23. The number of piperidine rings is 1. The summed E-state index contributed by atoms with van der Waals surface area (Å²) in [6.07, 6.45) is 3.49. The topological polar surface area (TPSA) is 32.3 Å². The summed E-state index contributed by atoms with van der Waals surface area (Å²) in [4.78, 5) is 0. The number of rotatable bonds is 1. The summed E-state index contributed by atoms with van der Waals surface area (Å²) in [7, 11) is 0. The fraction of sp³-hybridized carbons (Fsp3) is 1.00. The van der Waals surface area contributed by atoms with Crippen LogP contribution in [0.3, 0.4) is 0 Å². The van der Waals surface area contributed by atoms with E-state index in [1.54, 1.807) is 0 Å². The Bertz CT molecular complexity index is 77.0. The van der Waals surface area contributed by atoms with Crippen LogP contribution in [0.2, 0.25) is 0 Å². The second-order valence-corrected chi connectivity index (χ2v) is 2.80. The molecule has 0 radical (unpaired) electrons. The quantitative estimate of drug-likeness (QED) is 0.540. The lowest BCUT2D eigenvalue weighted by Gasteiger charge is -2.25. The fourth-order valence-corrected chi connectivity index (χ4v) is 1.29. The van der Waals surface area contributed by atoms with Gasteiger partial charge in [0.15, 0.2) is 0 Å². The van der Waals surface area contributed by atoms with Crippen LogP contribution in [0.5, 0.6) is 0 Å². The zero-order valence-corrected chi connectivity index (χ0v) is 5.93. The predicted molar refractivity (Wildman–Crippen MR) is 37.3 cm³/mol. The number of aliphatic hydroxyl groups excluding tert-OH is 1. The molecule has 1 rings (SSSR count). The molecule has 1 unspecified atom stereocenters. The van der Waals surface area contributed by atoms with E-state index in [-0.39, 0.29) is 6.10 Å². The molecule has 0 aliphatic carbocycles. The fourth-order valence-electron chi connectivity index (χ4n) is 1.29. The summed E-state index contributed by atoms with van der Waals surface area (Å²) >= 11 is 0. The number of hydrogen-bond acceptors (Lipinski definition) is 2. The second kappa shape index (κ2) is 3.18. The van der Waals surface area contributed by atoms with Crippen LogP contribution in [0.1, 0.15) is 26.2 Å². The van der Waals surface area contributed by atoms with Gasteiger partial charge in [-0.1, -0.05) is 6.42 Å². The second-order valence-electron chi connectivity index (χ2n) is 2.80. The van der Waals surface area contributed by atoms with Gasteiger partial charge in [-0.05, 0) is 26.3 Å². The van der Waals surface area contributed by atoms with Gasteiger partial charge < -0.3 is 10.4 Å². The highest BCUT2D eigenvalue weighted by Gasteiger charge is 2.16. The predicted octanol–water partition coefficient (Wildman–Crippen LogP) is 0.509. The maximum absolute atomic E-state index is 9.11. The molecule has 0 bridgehead atoms. The van der Waals surface area contributed by atoms with E-state index in [9.17, 15) is 0 Å². The van der Waals surface area contributed by atoms with Gasteiger partial charge in [-0.25, -0.2) is 0 Å². The van der Waals surface area contributed by atoms with Crippen LogP contribution >= 0.6 is 0 Å². The smallest absolute Gasteiger partial charge is 0.0665 e. The first kappa shape index (κ1) is 7.03. The van der Waals surface area contributed by atoms with Crippen molar-refractivity contribution < 1.29 is 5.11 Å². The molecular weight excluding hydrogens is 114 g/mol. The average molecular weight is 129 g/mol. The number of nitrogens with one attached hydrogen (secondary N) is 1. The molecule has 2 atom stereocenters. The normalized spacial score (nSPS) is 32.0. The van der Waals surface area contributed by atoms with Crippen molar-refractivity contribution in [2.24, 2.45) is 0 Å². The van der Waals surface area contributed by atoms with Gasteiger partial charge in [-0.15, -0.1) is 0 Å². The minimum atomic E-state index is -0.176. The summed E-state index contributed by atoms with van der Waals surface area (Å²) in [6.45, 7) is 2.93. The molecule has 2 nitrogen and oxygen atoms in total. The van der Waals surface area contributed by atoms with Gasteiger partial charge in [-0.2, -0.15) is 0 Å². The zero-order valence-electron chi connectivity index (χ0n) is 5.93. The van der Waals surface area contributed by atoms with Crippen LogP contribution in [0.15, 0.2) is 0 Å². The highest BCUT2D eigenvalue weighted by Crippen LogP contribution is 2.09. The lowest BCUT2D eigenvalue weighted by Crippen LogP contribution is -2.41. The molecule has 1 saturated heterocycles. The van der Waals surface area contributed by atoms with Gasteiger partial charge in [0.05, 0.1) is 6.10 Å². The maximum Gasteiger partial charge on any atom is 0.0665 e. The first-order valence-electron chi connectivity index (χ1n) is 3.72. The molecule has 2 heteroatoms. The van der Waals surface area contributed by atoms with E-state index in [2.05, 4.69) is 5.32 Å². The summed E-state index contributed by atoms with van der Waals surface area (Å²) in [5, 5.41) is 12.4. The third-order valence-electron chi connectivity index (χ3n) is 1.93. The molecule has 0 aromatic carbocycles. The van der Waals surface area contributed by atoms with Gasteiger partial charge in [0.25, 0.3) is 0 Å². The minimum absolute atomic E-state index is 0.176. The van der Waals surface area contributed by atoms with Crippen molar-refractivity contribution in [3.8, 4) is 0 Å². The third-order valence-corrected chi connectivity index (χ3v) is 1.93. The van der Waals surface area contributed by atoms with E-state index in [4.69, 9.17) is 5.11 Å². The molecule has 0 aromatic heterocycles. The molecule has 1 aliphatic heterocycles. The van der Waals surface area contributed by atoms with Crippen LogP contribution < -0.4 is 5.32 Å². The largest absolute Gasteiger partial charge is 0.392 e. The van der Waals surface area contributed by atoms with E-state index < -0.39 is 0 Å². The Morgan fingerprint density at radius 3 is 2.67 bits per heavy atom. The first-order chi connectivity index (χ1) is 4.30. The Hall–Kier alpha value is -0.0800. The van der Waals surface area contributed by atoms with Crippen LogP contribution in [0, 0.1) is 0 Å². The Labute approximate surface area is 56.3 Å². The van der Waals surface area contributed by atoms with Gasteiger partial charge in [0.2, 0.25) is 0 Å². The average Bonchev–Trinajstić information content (AvgIpc) is 1.90. The zero-order chi connectivity index (χ0) is 6.69. The summed E-state index contributed by atoms with van der Waals surface area (Å²) in [6, 6.07) is 0.360. The summed E-state index contributed by atoms with van der Waals surface area (Å²) in [5.41, 5.74) is 0. The van der Waals surface area contributed by atoms with E-state index in [1.165, 1.54) is 12.8 Å². The highest BCUT2D eigenvalue weighted by atomic mass is 16.3. The summed E-state index contributed by atoms with van der Waals surface area (Å²) in [5.74, 6) is 0. The third kappa shape index (κ3) is 1.95. The summed E-state index contributed by atoms with van der Waals surface area (Å²) < 4.78 is 0. The molecular formula is C7H15NO. The molecule has 2 N–H and O–H groups in total. The molecule has 0 saturated carbocycles. The van der Waals surface area contributed by atoms with E-state index in [0.717, 1.165) is 13.0 Å². The van der Waals surface area contributed by atoms with E-state index in [0.29, 0.717) is 6.04 Å². The Morgan fingerprint density at radius 1 is 1.56 bits per heavy atom. The van der Waals surface area contributed by atoms with Crippen LogP contribution in [-0.2, 0) is 0 Å². The maximum atomic E-state index is 9.11. The van der Waals surface area contributed by atoms with Crippen molar-refractivity contribution in [3.63, 3.8) is 0 Å². The van der Waals surface area contributed by atoms with Gasteiger partial charge in [-0.3, -0.25) is 0 Å². The molecule has 0 aromatic rings. The van der Waals surface area contributed by atoms with Crippen LogP contribution in [0.4, 0.5) is 0 Å². The first-order valence-corrected chi connectivity index (χ1v) is 3.72. The SMILES string of the molecule is CC(O)[C@@H]1CCCCN1. The molecule has 54 valence electrons. The van der Waals surface area contributed by atoms with Crippen molar-refractivity contribution in [2.45, 2.75) is 38.3 Å². The van der Waals surface area contributed by atoms with Crippen molar-refractivity contribution in [3.05, 3.63) is 0 Å². The molecule has 0 spiro atoms. The molecule has 0 amide bonds. The lowest BCUT2D eigenvalue weighted by molar-refractivity contribution is 0.130. The number of hydrogen-bond donors (Lipinski definition) is 2. The number of aliphatic hydroxyl groups is 1. The van der Waals surface area contributed by atoms with Gasteiger partial charge in [0, 0.05) is 6.04 Å². The van der Waals surface area contributed by atoms with Crippen LogP contribution in [0.25, 0.3) is 0 Å². The van der Waals surface area contributed by atoms with Gasteiger partial charge >= 0.3 is 0 Å². The van der Waals surface area contributed by atoms with Crippen molar-refractivity contribution >= 4 is 0 Å². The van der Waals surface area contributed by atoms with E-state index in [1.807, 2.05) is 6.92 Å².